The molecule has 0 amide bonds. The summed E-state index contributed by atoms with van der Waals surface area (Å²) in [6.45, 7) is 2.08. The van der Waals surface area contributed by atoms with Gasteiger partial charge >= 0.3 is 0 Å². The quantitative estimate of drug-likeness (QED) is 0.610. The summed E-state index contributed by atoms with van der Waals surface area (Å²) in [5, 5.41) is 2.26. The predicted molar refractivity (Wildman–Crippen MR) is 65.0 cm³/mol. The van der Waals surface area contributed by atoms with E-state index in [1.165, 1.54) is 5.56 Å². The molecule has 1 heterocycles. The molecular formula is C14H12O2. The van der Waals surface area contributed by atoms with E-state index in [1.54, 1.807) is 7.11 Å². The van der Waals surface area contributed by atoms with Crippen LogP contribution in [0.25, 0.3) is 21.9 Å². The Bertz CT molecular complexity index is 665. The normalized spacial score (nSPS) is 11.1. The van der Waals surface area contributed by atoms with Gasteiger partial charge in [-0.3, -0.25) is 0 Å². The number of fused-ring (bicyclic) bond motifs is 3. The van der Waals surface area contributed by atoms with Crippen LogP contribution < -0.4 is 4.74 Å². The largest absolute Gasteiger partial charge is 0.497 e. The summed E-state index contributed by atoms with van der Waals surface area (Å²) >= 11 is 0. The third kappa shape index (κ3) is 1.27. The number of ether oxygens (including phenoxy) is 1. The first-order valence-electron chi connectivity index (χ1n) is 5.25. The van der Waals surface area contributed by atoms with Crippen LogP contribution in [0.2, 0.25) is 0 Å². The van der Waals surface area contributed by atoms with E-state index in [0.29, 0.717) is 0 Å². The van der Waals surface area contributed by atoms with Crippen LogP contribution in [0.4, 0.5) is 0 Å². The van der Waals surface area contributed by atoms with Crippen molar-refractivity contribution in [1.82, 2.24) is 0 Å². The smallest absolute Gasteiger partial charge is 0.135 e. The molecule has 0 aliphatic carbocycles. The van der Waals surface area contributed by atoms with E-state index in [2.05, 4.69) is 19.1 Å². The van der Waals surface area contributed by atoms with Crippen LogP contribution >= 0.6 is 0 Å². The zero-order valence-electron chi connectivity index (χ0n) is 9.28. The zero-order valence-corrected chi connectivity index (χ0v) is 9.28. The third-order valence-electron chi connectivity index (χ3n) is 2.83. The van der Waals surface area contributed by atoms with Crippen LogP contribution in [-0.2, 0) is 0 Å². The monoisotopic (exact) mass is 212 g/mol. The highest BCUT2D eigenvalue weighted by molar-refractivity contribution is 6.05. The van der Waals surface area contributed by atoms with Crippen molar-refractivity contribution in [2.75, 3.05) is 7.11 Å². The van der Waals surface area contributed by atoms with Gasteiger partial charge in [-0.15, -0.1) is 0 Å². The summed E-state index contributed by atoms with van der Waals surface area (Å²) in [6, 6.07) is 12.1. The number of hydrogen-bond donors (Lipinski definition) is 0. The Hall–Kier alpha value is -1.96. The number of hydrogen-bond acceptors (Lipinski definition) is 2. The molecule has 0 unspecified atom stereocenters. The van der Waals surface area contributed by atoms with Gasteiger partial charge in [0.15, 0.2) is 0 Å². The zero-order chi connectivity index (χ0) is 11.1. The maximum absolute atomic E-state index is 5.75. The predicted octanol–water partition coefficient (Wildman–Crippen LogP) is 3.90. The Kier molecular flexibility index (Phi) is 1.90. The number of benzene rings is 2. The molecule has 0 atom stereocenters. The van der Waals surface area contributed by atoms with Crippen LogP contribution in [0, 0.1) is 6.92 Å². The van der Waals surface area contributed by atoms with E-state index in [-0.39, 0.29) is 0 Å². The highest BCUT2D eigenvalue weighted by Crippen LogP contribution is 2.31. The van der Waals surface area contributed by atoms with Crippen molar-refractivity contribution in [3.63, 3.8) is 0 Å². The van der Waals surface area contributed by atoms with E-state index in [1.807, 2.05) is 24.3 Å². The van der Waals surface area contributed by atoms with E-state index in [9.17, 15) is 0 Å². The van der Waals surface area contributed by atoms with Gasteiger partial charge in [-0.25, -0.2) is 0 Å². The second-order valence-electron chi connectivity index (χ2n) is 3.96. The van der Waals surface area contributed by atoms with Gasteiger partial charge in [-0.05, 0) is 37.3 Å². The minimum Gasteiger partial charge on any atom is -0.497 e. The fourth-order valence-electron chi connectivity index (χ4n) is 2.00. The second kappa shape index (κ2) is 3.27. The molecule has 0 spiro atoms. The van der Waals surface area contributed by atoms with Crippen molar-refractivity contribution in [3.05, 3.63) is 42.0 Å². The average molecular weight is 212 g/mol. The highest BCUT2D eigenvalue weighted by Gasteiger charge is 2.07. The fourth-order valence-corrected chi connectivity index (χ4v) is 2.00. The maximum Gasteiger partial charge on any atom is 0.135 e. The van der Waals surface area contributed by atoms with Crippen molar-refractivity contribution in [2.45, 2.75) is 6.92 Å². The first-order chi connectivity index (χ1) is 7.78. The molecule has 0 saturated heterocycles. The van der Waals surface area contributed by atoms with Crippen molar-refractivity contribution in [2.24, 2.45) is 0 Å². The van der Waals surface area contributed by atoms with Gasteiger partial charge in [-0.1, -0.05) is 11.6 Å². The van der Waals surface area contributed by atoms with Crippen LogP contribution in [0.1, 0.15) is 5.56 Å². The SMILES string of the molecule is COc1ccc2oc3ccc(C)cc3c2c1. The summed E-state index contributed by atoms with van der Waals surface area (Å²) in [4.78, 5) is 0. The van der Waals surface area contributed by atoms with Gasteiger partial charge in [0, 0.05) is 10.8 Å². The number of aryl methyl sites for hydroxylation is 1. The van der Waals surface area contributed by atoms with Crippen molar-refractivity contribution in [3.8, 4) is 5.75 Å². The molecule has 16 heavy (non-hydrogen) atoms. The molecule has 0 radical (unpaired) electrons. The Morgan fingerprint density at radius 2 is 1.62 bits per heavy atom. The van der Waals surface area contributed by atoms with Gasteiger partial charge in [0.2, 0.25) is 0 Å². The molecule has 2 aromatic carbocycles. The standard InChI is InChI=1S/C14H12O2/c1-9-3-5-13-11(7-9)12-8-10(15-2)4-6-14(12)16-13/h3-8H,1-2H3. The fraction of sp³-hybridized carbons (Fsp3) is 0.143. The van der Waals surface area contributed by atoms with E-state index < -0.39 is 0 Å². The minimum atomic E-state index is 0.858. The Morgan fingerprint density at radius 3 is 2.38 bits per heavy atom. The van der Waals surface area contributed by atoms with Crippen LogP contribution in [-0.4, -0.2) is 7.11 Å². The van der Waals surface area contributed by atoms with Gasteiger partial charge in [-0.2, -0.15) is 0 Å². The molecule has 0 bridgehead atoms. The van der Waals surface area contributed by atoms with Crippen molar-refractivity contribution >= 4 is 21.9 Å². The molecule has 0 aliphatic heterocycles. The average Bonchev–Trinajstić information content (AvgIpc) is 2.66. The van der Waals surface area contributed by atoms with Crippen LogP contribution in [0.5, 0.6) is 5.75 Å². The number of methoxy groups -OCH3 is 1. The van der Waals surface area contributed by atoms with E-state index >= 15 is 0 Å². The molecule has 2 heteroatoms. The molecule has 3 rings (SSSR count). The first kappa shape index (κ1) is 9.28. The Balaban J connectivity index is 2.44. The molecule has 0 saturated carbocycles. The summed E-state index contributed by atoms with van der Waals surface area (Å²) in [6.07, 6.45) is 0. The molecule has 2 nitrogen and oxygen atoms in total. The summed E-state index contributed by atoms with van der Waals surface area (Å²) in [5.41, 5.74) is 3.06. The topological polar surface area (TPSA) is 22.4 Å². The lowest BCUT2D eigenvalue weighted by Crippen LogP contribution is -1.80. The Labute approximate surface area is 93.4 Å². The molecule has 0 fully saturated rings. The van der Waals surface area contributed by atoms with Crippen molar-refractivity contribution < 1.29 is 9.15 Å². The summed E-state index contributed by atoms with van der Waals surface area (Å²) in [5.74, 6) is 0.858. The minimum absolute atomic E-state index is 0.858. The lowest BCUT2D eigenvalue weighted by atomic mass is 10.1. The lowest BCUT2D eigenvalue weighted by Gasteiger charge is -1.97. The molecule has 80 valence electrons. The highest BCUT2D eigenvalue weighted by atomic mass is 16.5. The van der Waals surface area contributed by atoms with E-state index in [4.69, 9.17) is 9.15 Å². The van der Waals surface area contributed by atoms with Gasteiger partial charge in [0.25, 0.3) is 0 Å². The van der Waals surface area contributed by atoms with Gasteiger partial charge in [0.05, 0.1) is 7.11 Å². The van der Waals surface area contributed by atoms with Crippen molar-refractivity contribution in [1.29, 1.82) is 0 Å². The summed E-state index contributed by atoms with van der Waals surface area (Å²) in [7, 11) is 1.68. The lowest BCUT2D eigenvalue weighted by molar-refractivity contribution is 0.415. The van der Waals surface area contributed by atoms with E-state index in [0.717, 1.165) is 27.7 Å². The van der Waals surface area contributed by atoms with Gasteiger partial charge < -0.3 is 9.15 Å². The maximum atomic E-state index is 5.75. The molecule has 0 N–H and O–H groups in total. The van der Waals surface area contributed by atoms with Crippen LogP contribution in [0.15, 0.2) is 40.8 Å². The summed E-state index contributed by atoms with van der Waals surface area (Å²) < 4.78 is 11.0. The first-order valence-corrected chi connectivity index (χ1v) is 5.25. The number of rotatable bonds is 1. The second-order valence-corrected chi connectivity index (χ2v) is 3.96. The molecule has 3 aromatic rings. The molecule has 0 aliphatic rings. The van der Waals surface area contributed by atoms with Gasteiger partial charge in [0.1, 0.15) is 16.9 Å². The molecule has 1 aromatic heterocycles. The number of furan rings is 1. The molecular weight excluding hydrogens is 200 g/mol. The van der Waals surface area contributed by atoms with Crippen LogP contribution in [0.3, 0.4) is 0 Å². The third-order valence-corrected chi connectivity index (χ3v) is 2.83. The Morgan fingerprint density at radius 1 is 0.938 bits per heavy atom.